The van der Waals surface area contributed by atoms with Gasteiger partial charge < -0.3 is 10.2 Å². The molecule has 0 saturated carbocycles. The minimum Gasteiger partial charge on any atom is -0.379 e. The van der Waals surface area contributed by atoms with Crippen molar-refractivity contribution in [1.29, 1.82) is 0 Å². The molecule has 1 aromatic heterocycles. The van der Waals surface area contributed by atoms with Crippen molar-refractivity contribution in [2.75, 3.05) is 24.1 Å². The van der Waals surface area contributed by atoms with Gasteiger partial charge in [-0.25, -0.2) is 17.8 Å². The van der Waals surface area contributed by atoms with E-state index >= 15 is 0 Å². The molecule has 2 N–H and O–H groups in total. The Kier molecular flexibility index (Phi) is 6.84. The summed E-state index contributed by atoms with van der Waals surface area (Å²) >= 11 is 7.22. The number of anilines is 2. The van der Waals surface area contributed by atoms with E-state index in [-0.39, 0.29) is 28.7 Å². The monoisotopic (exact) mass is 498 g/mol. The van der Waals surface area contributed by atoms with Gasteiger partial charge in [0.1, 0.15) is 10.7 Å². The maximum Gasteiger partial charge on any atom is 0.412 e. The first-order chi connectivity index (χ1) is 14.4. The zero-order valence-electron chi connectivity index (χ0n) is 16.4. The lowest BCUT2D eigenvalue weighted by Gasteiger charge is -2.37. The van der Waals surface area contributed by atoms with Crippen LogP contribution in [-0.4, -0.2) is 50.7 Å². The number of benzene rings is 1. The zero-order chi connectivity index (χ0) is 23.0. The van der Waals surface area contributed by atoms with Crippen LogP contribution in [-0.2, 0) is 10.0 Å². The van der Waals surface area contributed by atoms with Gasteiger partial charge in [0, 0.05) is 29.2 Å². The minimum absolute atomic E-state index is 0.0429. The third kappa shape index (κ3) is 5.48. The molecule has 1 aliphatic rings. The van der Waals surface area contributed by atoms with Gasteiger partial charge in [-0.1, -0.05) is 17.7 Å². The van der Waals surface area contributed by atoms with Crippen LogP contribution in [0.4, 0.5) is 28.4 Å². The highest BCUT2D eigenvalue weighted by Crippen LogP contribution is 2.37. The molecule has 170 valence electrons. The van der Waals surface area contributed by atoms with Crippen molar-refractivity contribution in [3.63, 3.8) is 0 Å². The second kappa shape index (κ2) is 8.93. The van der Waals surface area contributed by atoms with E-state index in [0.29, 0.717) is 0 Å². The second-order valence-corrected chi connectivity index (χ2v) is 10.1. The van der Waals surface area contributed by atoms with E-state index in [1.54, 1.807) is 24.4 Å². The van der Waals surface area contributed by atoms with Gasteiger partial charge in [0.25, 0.3) is 10.0 Å². The number of halogens is 5. The number of nitrogens with one attached hydrogen (secondary N) is 2. The van der Waals surface area contributed by atoms with Crippen LogP contribution in [0.1, 0.15) is 12.8 Å². The predicted octanol–water partition coefficient (Wildman–Crippen LogP) is 4.73. The lowest BCUT2D eigenvalue weighted by molar-refractivity contribution is -0.0970. The maximum absolute atomic E-state index is 14.7. The first kappa shape index (κ1) is 23.8. The molecule has 1 aromatic carbocycles. The minimum atomic E-state index is -4.41. The van der Waals surface area contributed by atoms with Gasteiger partial charge in [0.2, 0.25) is 0 Å². The molecule has 0 spiro atoms. The van der Waals surface area contributed by atoms with E-state index in [4.69, 9.17) is 11.6 Å². The number of thiazole rings is 1. The normalized spacial score (nSPS) is 19.9. The standard InChI is InChI=1S/C18H19ClF4N4O2S2/c1-27(2)15-7-10(18(21,22)23)3-4-13(15)25-14-9-12(20)16(8-11(14)19)31(28,29)26-17-24-5-6-30-17/h3,5-6,8-9,13,15,25H,4,7H2,1-2H3,(H,24,26)/t13-,15-/m0/s1. The molecular weight excluding hydrogens is 480 g/mol. The molecule has 0 unspecified atom stereocenters. The molecule has 0 bridgehead atoms. The zero-order valence-corrected chi connectivity index (χ0v) is 18.8. The van der Waals surface area contributed by atoms with Gasteiger partial charge in [-0.05, 0) is 39.1 Å². The molecule has 13 heteroatoms. The number of likely N-dealkylation sites (N-methyl/N-ethyl adjacent to an activating group) is 1. The van der Waals surface area contributed by atoms with Gasteiger partial charge in [-0.3, -0.25) is 4.72 Å². The van der Waals surface area contributed by atoms with Crippen LogP contribution in [0.5, 0.6) is 0 Å². The summed E-state index contributed by atoms with van der Waals surface area (Å²) in [5.74, 6) is -1.06. The summed E-state index contributed by atoms with van der Waals surface area (Å²) in [6.45, 7) is 0. The highest BCUT2D eigenvalue weighted by Gasteiger charge is 2.40. The fourth-order valence-corrected chi connectivity index (χ4v) is 5.45. The summed E-state index contributed by atoms with van der Waals surface area (Å²) in [4.78, 5) is 4.78. The molecule has 0 fully saturated rings. The van der Waals surface area contributed by atoms with Crippen molar-refractivity contribution in [1.82, 2.24) is 9.88 Å². The lowest BCUT2D eigenvalue weighted by atomic mass is 9.89. The third-order valence-electron chi connectivity index (χ3n) is 4.85. The lowest BCUT2D eigenvalue weighted by Crippen LogP contribution is -2.46. The Morgan fingerprint density at radius 1 is 1.29 bits per heavy atom. The SMILES string of the molecule is CN(C)[C@H]1CC(C(F)(F)F)=CC[C@@H]1Nc1cc(F)c(S(=O)(=O)Nc2nccs2)cc1Cl. The molecular formula is C18H19ClF4N4O2S2. The van der Waals surface area contributed by atoms with Crippen molar-refractivity contribution in [3.05, 3.63) is 46.2 Å². The van der Waals surface area contributed by atoms with Crippen molar-refractivity contribution >= 4 is 43.8 Å². The van der Waals surface area contributed by atoms with E-state index in [1.165, 1.54) is 6.20 Å². The molecule has 6 nitrogen and oxygen atoms in total. The highest BCUT2D eigenvalue weighted by molar-refractivity contribution is 7.93. The van der Waals surface area contributed by atoms with Gasteiger partial charge >= 0.3 is 6.18 Å². The van der Waals surface area contributed by atoms with E-state index in [2.05, 4.69) is 15.0 Å². The van der Waals surface area contributed by atoms with E-state index in [9.17, 15) is 26.0 Å². The molecule has 0 radical (unpaired) electrons. The maximum atomic E-state index is 14.7. The number of aromatic nitrogens is 1. The van der Waals surface area contributed by atoms with Crippen LogP contribution in [0.3, 0.4) is 0 Å². The Hall–Kier alpha value is -1.89. The first-order valence-electron chi connectivity index (χ1n) is 8.99. The van der Waals surface area contributed by atoms with Crippen molar-refractivity contribution in [3.8, 4) is 0 Å². The summed E-state index contributed by atoms with van der Waals surface area (Å²) in [5, 5.41) is 4.51. The van der Waals surface area contributed by atoms with Gasteiger partial charge in [-0.2, -0.15) is 13.2 Å². The van der Waals surface area contributed by atoms with Crippen LogP contribution in [0, 0.1) is 5.82 Å². The average molecular weight is 499 g/mol. The largest absolute Gasteiger partial charge is 0.412 e. The Balaban J connectivity index is 1.85. The Morgan fingerprint density at radius 3 is 2.58 bits per heavy atom. The van der Waals surface area contributed by atoms with Crippen LogP contribution in [0.2, 0.25) is 5.02 Å². The highest BCUT2D eigenvalue weighted by atomic mass is 35.5. The van der Waals surface area contributed by atoms with Crippen molar-refractivity contribution < 1.29 is 26.0 Å². The van der Waals surface area contributed by atoms with Crippen molar-refractivity contribution in [2.45, 2.75) is 36.0 Å². The smallest absolute Gasteiger partial charge is 0.379 e. The van der Waals surface area contributed by atoms with E-state index in [1.807, 2.05) is 0 Å². The topological polar surface area (TPSA) is 74.3 Å². The first-order valence-corrected chi connectivity index (χ1v) is 11.7. The summed E-state index contributed by atoms with van der Waals surface area (Å²) < 4.78 is 81.1. The third-order valence-corrected chi connectivity index (χ3v) is 7.33. The summed E-state index contributed by atoms with van der Waals surface area (Å²) in [6, 6.07) is 0.860. The number of hydrogen-bond donors (Lipinski definition) is 2. The number of rotatable bonds is 6. The predicted molar refractivity (Wildman–Crippen MR) is 113 cm³/mol. The number of hydrogen-bond acceptors (Lipinski definition) is 6. The molecule has 0 saturated heterocycles. The van der Waals surface area contributed by atoms with Crippen molar-refractivity contribution in [2.24, 2.45) is 0 Å². The summed E-state index contributed by atoms with van der Waals surface area (Å²) in [7, 11) is -0.959. The molecule has 2 atom stereocenters. The molecule has 1 aliphatic carbocycles. The Labute approximate surface area is 186 Å². The molecule has 2 aromatic rings. The summed E-state index contributed by atoms with van der Waals surface area (Å²) in [6.07, 6.45) is -2.11. The van der Waals surface area contributed by atoms with Crippen LogP contribution < -0.4 is 10.0 Å². The Bertz CT molecular complexity index is 1070. The van der Waals surface area contributed by atoms with Crippen LogP contribution >= 0.6 is 22.9 Å². The molecule has 0 aliphatic heterocycles. The second-order valence-electron chi connectivity index (χ2n) is 7.15. The number of nitrogens with zero attached hydrogens (tertiary/aromatic N) is 2. The average Bonchev–Trinajstić information content (AvgIpc) is 3.15. The van der Waals surface area contributed by atoms with Crippen LogP contribution in [0.25, 0.3) is 0 Å². The fraction of sp³-hybridized carbons (Fsp3) is 0.389. The fourth-order valence-electron chi connectivity index (χ4n) is 3.29. The molecule has 3 rings (SSSR count). The summed E-state index contributed by atoms with van der Waals surface area (Å²) in [5.41, 5.74) is -0.524. The van der Waals surface area contributed by atoms with Gasteiger partial charge in [0.05, 0.1) is 10.7 Å². The Morgan fingerprint density at radius 2 is 2.00 bits per heavy atom. The molecule has 0 amide bonds. The molecule has 31 heavy (non-hydrogen) atoms. The van der Waals surface area contributed by atoms with Gasteiger partial charge in [-0.15, -0.1) is 11.3 Å². The van der Waals surface area contributed by atoms with E-state index < -0.39 is 44.6 Å². The van der Waals surface area contributed by atoms with E-state index in [0.717, 1.165) is 29.5 Å². The quantitative estimate of drug-likeness (QED) is 0.445. The number of sulfonamides is 1. The molecule has 1 heterocycles. The van der Waals surface area contributed by atoms with Gasteiger partial charge in [0.15, 0.2) is 5.13 Å². The van der Waals surface area contributed by atoms with Crippen LogP contribution in [0.15, 0.2) is 40.3 Å². The number of alkyl halides is 3.